The first kappa shape index (κ1) is 28.6. The molecule has 2 heterocycles. The number of aromatic nitrogens is 1. The van der Waals surface area contributed by atoms with Gasteiger partial charge in [-0.1, -0.05) is 49.0 Å². The van der Waals surface area contributed by atoms with Crippen molar-refractivity contribution in [3.63, 3.8) is 0 Å². The number of benzene rings is 1. The molecular weight excluding hydrogens is 570 g/mol. The number of nitrogens with one attached hydrogen (secondary N) is 2. The highest BCUT2D eigenvalue weighted by molar-refractivity contribution is 9.10. The van der Waals surface area contributed by atoms with E-state index in [2.05, 4.69) is 31.5 Å². The number of amides is 2. The van der Waals surface area contributed by atoms with Crippen LogP contribution in [0.3, 0.4) is 0 Å². The van der Waals surface area contributed by atoms with Crippen molar-refractivity contribution in [3.8, 4) is 11.5 Å². The summed E-state index contributed by atoms with van der Waals surface area (Å²) in [7, 11) is 1.53. The summed E-state index contributed by atoms with van der Waals surface area (Å²) in [6.07, 6.45) is 5.41. The number of hydrogen-bond donors (Lipinski definition) is 2. The lowest BCUT2D eigenvalue weighted by Crippen LogP contribution is -2.51. The van der Waals surface area contributed by atoms with Crippen molar-refractivity contribution in [2.24, 2.45) is 5.92 Å². The molecule has 1 aromatic heterocycles. The summed E-state index contributed by atoms with van der Waals surface area (Å²) in [5.41, 5.74) is 0.426. The normalized spacial score (nSPS) is 19.6. The van der Waals surface area contributed by atoms with Crippen LogP contribution >= 0.6 is 15.9 Å². The molecule has 2 aromatic rings. The molecule has 1 aliphatic carbocycles. The number of anilines is 1. The van der Waals surface area contributed by atoms with Gasteiger partial charge in [-0.2, -0.15) is 0 Å². The number of fused-ring (bicyclic) bond motifs is 1. The van der Waals surface area contributed by atoms with E-state index in [1.807, 2.05) is 13.8 Å². The Labute approximate surface area is 235 Å². The van der Waals surface area contributed by atoms with Gasteiger partial charge in [-0.3, -0.25) is 19.7 Å². The van der Waals surface area contributed by atoms with Crippen LogP contribution in [0.1, 0.15) is 57.6 Å². The number of halogens is 1. The molecule has 0 bridgehead atoms. The van der Waals surface area contributed by atoms with Crippen LogP contribution < -0.4 is 20.1 Å². The van der Waals surface area contributed by atoms with Crippen LogP contribution in [0.15, 0.2) is 34.9 Å². The lowest BCUT2D eigenvalue weighted by atomic mass is 9.94. The molecule has 0 spiro atoms. The molecule has 1 fully saturated rings. The Balaban J connectivity index is 1.68. The average molecular weight is 605 g/mol. The van der Waals surface area contributed by atoms with Crippen LogP contribution in [-0.4, -0.2) is 59.0 Å². The first-order chi connectivity index (χ1) is 18.7. The Bertz CT molecular complexity index is 1200. The van der Waals surface area contributed by atoms with Crippen LogP contribution in [0.25, 0.3) is 0 Å². The van der Waals surface area contributed by atoms with Crippen molar-refractivity contribution >= 4 is 39.2 Å². The van der Waals surface area contributed by atoms with Crippen LogP contribution in [0.4, 0.5) is 11.5 Å². The van der Waals surface area contributed by atoms with E-state index in [4.69, 9.17) is 9.47 Å². The summed E-state index contributed by atoms with van der Waals surface area (Å²) in [6, 6.07) is 5.53. The van der Waals surface area contributed by atoms with Crippen LogP contribution in [0.5, 0.6) is 11.5 Å². The number of pyridine rings is 1. The van der Waals surface area contributed by atoms with E-state index in [1.165, 1.54) is 25.4 Å². The Morgan fingerprint density at radius 2 is 2.03 bits per heavy atom. The van der Waals surface area contributed by atoms with Crippen LogP contribution in [0, 0.1) is 16.0 Å². The second-order valence-corrected chi connectivity index (χ2v) is 11.1. The fourth-order valence-corrected chi connectivity index (χ4v) is 5.53. The molecule has 2 aliphatic rings. The zero-order valence-corrected chi connectivity index (χ0v) is 23.9. The summed E-state index contributed by atoms with van der Waals surface area (Å²) in [5.74, 6) is 0.491. The number of rotatable bonds is 9. The van der Waals surface area contributed by atoms with Gasteiger partial charge in [0.25, 0.3) is 11.6 Å². The van der Waals surface area contributed by atoms with Gasteiger partial charge >= 0.3 is 0 Å². The molecule has 1 aliphatic heterocycles. The van der Waals surface area contributed by atoms with Crippen molar-refractivity contribution < 1.29 is 24.0 Å². The SMILES string of the molecule is COc1cc(Br)cc2c1OC(C(C)C)C(=O)N(CCNc1ccc([N+](=O)[O-])cn1)C2C(=O)NC1CCCCC1. The molecule has 39 heavy (non-hydrogen) atoms. The van der Waals surface area contributed by atoms with Gasteiger partial charge in [0, 0.05) is 35.2 Å². The standard InChI is InChI=1S/C27H34BrN5O6/c1-16(2)24-27(35)32(12-11-29-22-10-9-19(15-30-22)33(36)37)23(26(34)31-18-7-5-4-6-8-18)20-13-17(28)14-21(38-3)25(20)39-24/h9-10,13-16,18,23-24H,4-8,11-12H2,1-3H3,(H,29,30)(H,31,34). The summed E-state index contributed by atoms with van der Waals surface area (Å²) in [5, 5.41) is 17.2. The summed E-state index contributed by atoms with van der Waals surface area (Å²) in [6.45, 7) is 4.22. The number of ether oxygens (including phenoxy) is 2. The molecule has 2 atom stereocenters. The first-order valence-corrected chi connectivity index (χ1v) is 14.0. The topological polar surface area (TPSA) is 136 Å². The Morgan fingerprint density at radius 3 is 2.64 bits per heavy atom. The first-order valence-electron chi connectivity index (χ1n) is 13.2. The van der Waals surface area contributed by atoms with Gasteiger partial charge < -0.3 is 25.0 Å². The molecule has 210 valence electrons. The number of nitro groups is 1. The van der Waals surface area contributed by atoms with Crippen molar-refractivity contribution in [2.75, 3.05) is 25.5 Å². The number of carbonyl (C=O) groups is 2. The zero-order valence-electron chi connectivity index (χ0n) is 22.3. The molecule has 2 amide bonds. The van der Waals surface area contributed by atoms with E-state index in [0.717, 1.165) is 32.1 Å². The minimum absolute atomic E-state index is 0.0493. The predicted octanol–water partition coefficient (Wildman–Crippen LogP) is 4.61. The number of methoxy groups -OCH3 is 1. The Kier molecular flexibility index (Phi) is 9.26. The summed E-state index contributed by atoms with van der Waals surface area (Å²) in [4.78, 5) is 44.0. The van der Waals surface area contributed by atoms with Gasteiger partial charge in [-0.25, -0.2) is 4.98 Å². The quantitative estimate of drug-likeness (QED) is 0.313. The predicted molar refractivity (Wildman–Crippen MR) is 149 cm³/mol. The van der Waals surface area contributed by atoms with Crippen LogP contribution in [-0.2, 0) is 9.59 Å². The summed E-state index contributed by atoms with van der Waals surface area (Å²) < 4.78 is 12.6. The molecule has 2 unspecified atom stereocenters. The number of nitrogens with zero attached hydrogens (tertiary/aromatic N) is 3. The van der Waals surface area contributed by atoms with Crippen molar-refractivity contribution in [3.05, 3.63) is 50.6 Å². The maximum absolute atomic E-state index is 14.0. The highest BCUT2D eigenvalue weighted by Gasteiger charge is 2.43. The van der Waals surface area contributed by atoms with E-state index in [9.17, 15) is 19.7 Å². The van der Waals surface area contributed by atoms with Crippen molar-refractivity contribution in [1.82, 2.24) is 15.2 Å². The lowest BCUT2D eigenvalue weighted by Gasteiger charge is -2.33. The van der Waals surface area contributed by atoms with Gasteiger partial charge in [0.05, 0.1) is 12.0 Å². The highest BCUT2D eigenvalue weighted by atomic mass is 79.9. The monoisotopic (exact) mass is 603 g/mol. The van der Waals surface area contributed by atoms with Crippen molar-refractivity contribution in [2.45, 2.75) is 64.1 Å². The Hall–Kier alpha value is -3.41. The molecule has 2 N–H and O–H groups in total. The third kappa shape index (κ3) is 6.60. The largest absolute Gasteiger partial charge is 0.493 e. The lowest BCUT2D eigenvalue weighted by molar-refractivity contribution is -0.385. The van der Waals surface area contributed by atoms with Gasteiger partial charge in [-0.05, 0) is 37.0 Å². The second kappa shape index (κ2) is 12.6. The minimum Gasteiger partial charge on any atom is -0.493 e. The average Bonchev–Trinajstić information content (AvgIpc) is 3.03. The minimum atomic E-state index is -0.948. The van der Waals surface area contributed by atoms with Crippen molar-refractivity contribution in [1.29, 1.82) is 0 Å². The summed E-state index contributed by atoms with van der Waals surface area (Å²) >= 11 is 3.52. The van der Waals surface area contributed by atoms with E-state index >= 15 is 0 Å². The van der Waals surface area contributed by atoms with E-state index in [1.54, 1.807) is 17.0 Å². The number of carbonyl (C=O) groups excluding carboxylic acids is 2. The molecule has 4 rings (SSSR count). The molecule has 12 heteroatoms. The molecule has 1 saturated carbocycles. The molecule has 0 saturated heterocycles. The molecule has 0 radical (unpaired) electrons. The molecule has 1 aromatic carbocycles. The van der Waals surface area contributed by atoms with E-state index < -0.39 is 17.1 Å². The smallest absolute Gasteiger partial charge is 0.287 e. The Morgan fingerprint density at radius 1 is 1.28 bits per heavy atom. The maximum Gasteiger partial charge on any atom is 0.287 e. The third-order valence-corrected chi connectivity index (χ3v) is 7.53. The fraction of sp³-hybridized carbons (Fsp3) is 0.519. The maximum atomic E-state index is 14.0. The second-order valence-electron chi connectivity index (χ2n) is 10.2. The third-order valence-electron chi connectivity index (χ3n) is 7.07. The fourth-order valence-electron chi connectivity index (χ4n) is 5.08. The van der Waals surface area contributed by atoms with Crippen LogP contribution in [0.2, 0.25) is 0 Å². The van der Waals surface area contributed by atoms with Gasteiger partial charge in [-0.15, -0.1) is 0 Å². The number of hydrogen-bond acceptors (Lipinski definition) is 8. The van der Waals surface area contributed by atoms with E-state index in [0.29, 0.717) is 27.4 Å². The van der Waals surface area contributed by atoms with Gasteiger partial charge in [0.2, 0.25) is 5.91 Å². The van der Waals surface area contributed by atoms with E-state index in [-0.39, 0.29) is 42.6 Å². The molecule has 11 nitrogen and oxygen atoms in total. The van der Waals surface area contributed by atoms with Gasteiger partial charge in [0.15, 0.2) is 17.6 Å². The zero-order chi connectivity index (χ0) is 28.1. The highest BCUT2D eigenvalue weighted by Crippen LogP contribution is 2.44. The molecular formula is C27H34BrN5O6. The van der Waals surface area contributed by atoms with Gasteiger partial charge in [0.1, 0.15) is 18.1 Å².